The van der Waals surface area contributed by atoms with E-state index in [1.807, 2.05) is 0 Å². The van der Waals surface area contributed by atoms with Gasteiger partial charge in [-0.2, -0.15) is 0 Å². The second-order valence-corrected chi connectivity index (χ2v) is 6.73. The van der Waals surface area contributed by atoms with Gasteiger partial charge in [0.25, 0.3) is 0 Å². The average Bonchev–Trinajstić information content (AvgIpc) is 2.92. The first-order valence-corrected chi connectivity index (χ1v) is 8.16. The average molecular weight is 266 g/mol. The number of hydrogen-bond donors (Lipinski definition) is 2. The van der Waals surface area contributed by atoms with Gasteiger partial charge < -0.3 is 10.2 Å². The van der Waals surface area contributed by atoms with Gasteiger partial charge in [-0.15, -0.1) is 0 Å². The summed E-state index contributed by atoms with van der Waals surface area (Å²) in [5.41, 5.74) is 0. The summed E-state index contributed by atoms with van der Waals surface area (Å²) in [7, 11) is 0. The summed E-state index contributed by atoms with van der Waals surface area (Å²) >= 11 is 0. The molecule has 19 heavy (non-hydrogen) atoms. The van der Waals surface area contributed by atoms with Crippen molar-refractivity contribution >= 4 is 0 Å². The lowest BCUT2D eigenvalue weighted by Crippen LogP contribution is -2.18. The molecule has 0 amide bonds. The van der Waals surface area contributed by atoms with E-state index in [4.69, 9.17) is 0 Å². The molecule has 2 fully saturated rings. The smallest absolute Gasteiger partial charge is 0.0608 e. The Morgan fingerprint density at radius 3 is 2.84 bits per heavy atom. The standard InChI is InChI=1S/C17H30O2/c1-3-6-12(2)16(18)10-5-9-15-14-8-4-7-13(14)11-17(15)19/h5,9,12-19H,3-4,6-8,10-11H2,1-2H3/b9-5+/t12?,13-,14-,15-,16?,17+/m0/s1. The molecule has 0 aliphatic heterocycles. The zero-order valence-corrected chi connectivity index (χ0v) is 12.5. The van der Waals surface area contributed by atoms with Gasteiger partial charge in [-0.05, 0) is 43.4 Å². The van der Waals surface area contributed by atoms with Gasteiger partial charge in [0.2, 0.25) is 0 Å². The quantitative estimate of drug-likeness (QED) is 0.722. The molecule has 0 aromatic rings. The molecule has 2 saturated carbocycles. The summed E-state index contributed by atoms with van der Waals surface area (Å²) in [6.45, 7) is 4.29. The van der Waals surface area contributed by atoms with E-state index in [0.717, 1.165) is 31.6 Å². The monoisotopic (exact) mass is 266 g/mol. The van der Waals surface area contributed by atoms with Crippen LogP contribution in [0.15, 0.2) is 12.2 Å². The number of aliphatic hydroxyl groups excluding tert-OH is 2. The third kappa shape index (κ3) is 3.61. The normalized spacial score (nSPS) is 37.7. The van der Waals surface area contributed by atoms with Gasteiger partial charge in [0.15, 0.2) is 0 Å². The Balaban J connectivity index is 1.81. The summed E-state index contributed by atoms with van der Waals surface area (Å²) in [6, 6.07) is 0. The maximum atomic E-state index is 10.1. The molecule has 110 valence electrons. The third-order valence-corrected chi connectivity index (χ3v) is 5.34. The van der Waals surface area contributed by atoms with Gasteiger partial charge in [0.05, 0.1) is 12.2 Å². The van der Waals surface area contributed by atoms with Gasteiger partial charge in [-0.3, -0.25) is 0 Å². The fourth-order valence-electron chi connectivity index (χ4n) is 4.14. The lowest BCUT2D eigenvalue weighted by molar-refractivity contribution is 0.113. The Hall–Kier alpha value is -0.340. The van der Waals surface area contributed by atoms with Crippen LogP contribution in [-0.2, 0) is 0 Å². The molecular formula is C17H30O2. The Labute approximate surface area is 117 Å². The van der Waals surface area contributed by atoms with E-state index in [9.17, 15) is 10.2 Å². The van der Waals surface area contributed by atoms with Crippen molar-refractivity contribution in [3.8, 4) is 0 Å². The molecule has 2 unspecified atom stereocenters. The first kappa shape index (κ1) is 15.1. The van der Waals surface area contributed by atoms with E-state index in [1.165, 1.54) is 19.3 Å². The fourth-order valence-corrected chi connectivity index (χ4v) is 4.14. The molecule has 2 aliphatic carbocycles. The predicted octanol–water partition coefficient (Wildman–Crippen LogP) is 3.53. The Bertz CT molecular complexity index is 300. The molecule has 0 aromatic carbocycles. The minimum Gasteiger partial charge on any atom is -0.393 e. The van der Waals surface area contributed by atoms with E-state index >= 15 is 0 Å². The first-order valence-electron chi connectivity index (χ1n) is 8.16. The first-order chi connectivity index (χ1) is 9.13. The molecule has 6 atom stereocenters. The van der Waals surface area contributed by atoms with Gasteiger partial charge in [0.1, 0.15) is 0 Å². The van der Waals surface area contributed by atoms with Crippen LogP contribution in [0.3, 0.4) is 0 Å². The van der Waals surface area contributed by atoms with Gasteiger partial charge >= 0.3 is 0 Å². The lowest BCUT2D eigenvalue weighted by Gasteiger charge is -2.19. The zero-order valence-electron chi connectivity index (χ0n) is 12.5. The van der Waals surface area contributed by atoms with Crippen LogP contribution in [0.5, 0.6) is 0 Å². The molecule has 2 heteroatoms. The Morgan fingerprint density at radius 1 is 1.32 bits per heavy atom. The highest BCUT2D eigenvalue weighted by atomic mass is 16.3. The van der Waals surface area contributed by atoms with Crippen LogP contribution in [0.2, 0.25) is 0 Å². The van der Waals surface area contributed by atoms with Crippen LogP contribution >= 0.6 is 0 Å². The van der Waals surface area contributed by atoms with Crippen LogP contribution in [0.1, 0.15) is 58.8 Å². The second-order valence-electron chi connectivity index (χ2n) is 6.73. The molecule has 2 rings (SSSR count). The molecule has 0 spiro atoms. The van der Waals surface area contributed by atoms with Crippen LogP contribution < -0.4 is 0 Å². The van der Waals surface area contributed by atoms with Crippen LogP contribution in [0.4, 0.5) is 0 Å². The topological polar surface area (TPSA) is 40.5 Å². The molecule has 0 aromatic heterocycles. The highest BCUT2D eigenvalue weighted by molar-refractivity contribution is 5.04. The van der Waals surface area contributed by atoms with Crippen LogP contribution in [-0.4, -0.2) is 22.4 Å². The predicted molar refractivity (Wildman–Crippen MR) is 78.8 cm³/mol. The molecular weight excluding hydrogens is 236 g/mol. The summed E-state index contributed by atoms with van der Waals surface area (Å²) in [6.07, 6.45) is 11.8. The highest BCUT2D eigenvalue weighted by Crippen LogP contribution is 2.48. The Kier molecular flexibility index (Phi) is 5.47. The highest BCUT2D eigenvalue weighted by Gasteiger charge is 2.43. The maximum Gasteiger partial charge on any atom is 0.0608 e. The molecule has 0 saturated heterocycles. The molecule has 2 nitrogen and oxygen atoms in total. The zero-order chi connectivity index (χ0) is 13.8. The minimum atomic E-state index is -0.228. The van der Waals surface area contributed by atoms with Gasteiger partial charge in [-0.1, -0.05) is 45.3 Å². The fraction of sp³-hybridized carbons (Fsp3) is 0.882. The summed E-state index contributed by atoms with van der Waals surface area (Å²) in [5.74, 6) is 2.19. The summed E-state index contributed by atoms with van der Waals surface area (Å²) in [5, 5.41) is 20.2. The maximum absolute atomic E-state index is 10.1. The van der Waals surface area contributed by atoms with Crippen LogP contribution in [0.25, 0.3) is 0 Å². The van der Waals surface area contributed by atoms with Gasteiger partial charge in [0, 0.05) is 5.92 Å². The van der Waals surface area contributed by atoms with Crippen LogP contribution in [0, 0.1) is 23.7 Å². The van der Waals surface area contributed by atoms with E-state index in [-0.39, 0.29) is 12.2 Å². The van der Waals surface area contributed by atoms with Gasteiger partial charge in [-0.25, -0.2) is 0 Å². The lowest BCUT2D eigenvalue weighted by atomic mass is 9.90. The van der Waals surface area contributed by atoms with Crippen molar-refractivity contribution in [3.63, 3.8) is 0 Å². The van der Waals surface area contributed by atoms with Crippen molar-refractivity contribution in [3.05, 3.63) is 12.2 Å². The molecule has 0 radical (unpaired) electrons. The van der Waals surface area contributed by atoms with E-state index in [2.05, 4.69) is 26.0 Å². The SMILES string of the molecule is CCCC(C)C(O)C/C=C/[C@H]1[C@H]2CCC[C@H]2C[C@H]1O. The molecule has 2 aliphatic rings. The molecule has 2 N–H and O–H groups in total. The molecule has 0 bridgehead atoms. The van der Waals surface area contributed by atoms with E-state index in [1.54, 1.807) is 0 Å². The van der Waals surface area contributed by atoms with E-state index < -0.39 is 0 Å². The molecule has 0 heterocycles. The van der Waals surface area contributed by atoms with Crippen molar-refractivity contribution in [2.75, 3.05) is 0 Å². The third-order valence-electron chi connectivity index (χ3n) is 5.34. The second kappa shape index (κ2) is 6.90. The van der Waals surface area contributed by atoms with Crippen molar-refractivity contribution in [2.45, 2.75) is 71.0 Å². The van der Waals surface area contributed by atoms with Crippen molar-refractivity contribution in [2.24, 2.45) is 23.7 Å². The number of fused-ring (bicyclic) bond motifs is 1. The minimum absolute atomic E-state index is 0.142. The van der Waals surface area contributed by atoms with Crippen molar-refractivity contribution in [1.29, 1.82) is 0 Å². The van der Waals surface area contributed by atoms with Crippen molar-refractivity contribution < 1.29 is 10.2 Å². The largest absolute Gasteiger partial charge is 0.393 e. The van der Waals surface area contributed by atoms with E-state index in [0.29, 0.717) is 17.8 Å². The number of rotatable bonds is 6. The summed E-state index contributed by atoms with van der Waals surface area (Å²) < 4.78 is 0. The number of aliphatic hydroxyl groups is 2. The summed E-state index contributed by atoms with van der Waals surface area (Å²) in [4.78, 5) is 0. The van der Waals surface area contributed by atoms with Crippen molar-refractivity contribution in [1.82, 2.24) is 0 Å². The number of hydrogen-bond acceptors (Lipinski definition) is 2. The Morgan fingerprint density at radius 2 is 2.11 bits per heavy atom.